The third-order valence-electron chi connectivity index (χ3n) is 4.18. The van der Waals surface area contributed by atoms with Gasteiger partial charge in [-0.15, -0.1) is 0 Å². The predicted molar refractivity (Wildman–Crippen MR) is 91.8 cm³/mol. The smallest absolute Gasteiger partial charge is 0.205 e. The number of hydrogen-bond donors (Lipinski definition) is 1. The molecular formula is C19H18N2O4. The summed E-state index contributed by atoms with van der Waals surface area (Å²) >= 11 is 0. The van der Waals surface area contributed by atoms with Gasteiger partial charge in [0.15, 0.2) is 0 Å². The minimum atomic E-state index is -0.402. The van der Waals surface area contributed by atoms with E-state index in [-0.39, 0.29) is 5.88 Å². The van der Waals surface area contributed by atoms with Crippen molar-refractivity contribution in [2.24, 2.45) is 5.73 Å². The standard InChI is InChI=1S/C19H18N2O4/c1-22-11-4-6-13(16(8-11)24-3)18-14-7-5-12(23-2)9-17(14)25-19(21)15(18)10-20/h4-9,18H,21H2,1-3H3/t18-/m0/s1. The minimum absolute atomic E-state index is 0.0751. The van der Waals surface area contributed by atoms with Crippen LogP contribution in [0.25, 0.3) is 0 Å². The van der Waals surface area contributed by atoms with Crippen molar-refractivity contribution in [1.82, 2.24) is 0 Å². The van der Waals surface area contributed by atoms with Crippen molar-refractivity contribution in [2.75, 3.05) is 21.3 Å². The maximum Gasteiger partial charge on any atom is 0.205 e. The summed E-state index contributed by atoms with van der Waals surface area (Å²) in [7, 11) is 4.74. The van der Waals surface area contributed by atoms with Crippen LogP contribution in [-0.4, -0.2) is 21.3 Å². The minimum Gasteiger partial charge on any atom is -0.497 e. The van der Waals surface area contributed by atoms with Gasteiger partial charge in [-0.25, -0.2) is 0 Å². The van der Waals surface area contributed by atoms with E-state index in [2.05, 4.69) is 6.07 Å². The lowest BCUT2D eigenvalue weighted by molar-refractivity contribution is 0.375. The van der Waals surface area contributed by atoms with E-state index in [9.17, 15) is 5.26 Å². The molecule has 0 fully saturated rings. The van der Waals surface area contributed by atoms with Crippen molar-refractivity contribution in [3.8, 4) is 29.1 Å². The van der Waals surface area contributed by atoms with Crippen molar-refractivity contribution in [2.45, 2.75) is 5.92 Å². The van der Waals surface area contributed by atoms with Gasteiger partial charge in [-0.1, -0.05) is 12.1 Å². The molecule has 1 atom stereocenters. The summed E-state index contributed by atoms with van der Waals surface area (Å²) in [5.41, 5.74) is 7.95. The molecular weight excluding hydrogens is 320 g/mol. The number of rotatable bonds is 4. The Morgan fingerprint density at radius 3 is 2.20 bits per heavy atom. The van der Waals surface area contributed by atoms with E-state index in [1.165, 1.54) is 0 Å². The number of nitriles is 1. The first-order valence-electron chi connectivity index (χ1n) is 7.60. The third-order valence-corrected chi connectivity index (χ3v) is 4.18. The predicted octanol–water partition coefficient (Wildman–Crippen LogP) is 2.93. The van der Waals surface area contributed by atoms with Crippen LogP contribution in [0.3, 0.4) is 0 Å². The molecule has 0 aromatic heterocycles. The SMILES string of the molecule is COc1ccc([C@@H]2C(C#N)=C(N)Oc3cc(OC)ccc32)c(OC)c1. The van der Waals surface area contributed by atoms with E-state index in [4.69, 9.17) is 24.7 Å². The summed E-state index contributed by atoms with van der Waals surface area (Å²) in [6.45, 7) is 0. The summed E-state index contributed by atoms with van der Waals surface area (Å²) in [6, 6.07) is 13.1. The highest BCUT2D eigenvalue weighted by Gasteiger charge is 2.32. The second-order valence-electron chi connectivity index (χ2n) is 5.44. The molecule has 0 aliphatic carbocycles. The van der Waals surface area contributed by atoms with Gasteiger partial charge in [0.25, 0.3) is 0 Å². The summed E-state index contributed by atoms with van der Waals surface area (Å²) in [6.07, 6.45) is 0. The lowest BCUT2D eigenvalue weighted by Gasteiger charge is -2.27. The Balaban J connectivity index is 2.22. The number of nitrogens with zero attached hydrogens (tertiary/aromatic N) is 1. The number of ether oxygens (including phenoxy) is 4. The average molecular weight is 338 g/mol. The Kier molecular flexibility index (Phi) is 4.40. The number of allylic oxidation sites excluding steroid dienone is 1. The fourth-order valence-corrected chi connectivity index (χ4v) is 2.94. The molecule has 6 nitrogen and oxygen atoms in total. The third kappa shape index (κ3) is 2.81. The van der Waals surface area contributed by atoms with Crippen LogP contribution >= 0.6 is 0 Å². The summed E-state index contributed by atoms with van der Waals surface area (Å²) in [5.74, 6) is 2.14. The number of methoxy groups -OCH3 is 3. The molecule has 0 unspecified atom stereocenters. The zero-order valence-corrected chi connectivity index (χ0v) is 14.2. The number of benzene rings is 2. The van der Waals surface area contributed by atoms with Gasteiger partial charge in [0, 0.05) is 23.3 Å². The lowest BCUT2D eigenvalue weighted by Crippen LogP contribution is -2.21. The van der Waals surface area contributed by atoms with Crippen LogP contribution in [0.2, 0.25) is 0 Å². The maximum atomic E-state index is 9.63. The van der Waals surface area contributed by atoms with E-state index < -0.39 is 5.92 Å². The molecule has 0 saturated heterocycles. The van der Waals surface area contributed by atoms with E-state index in [1.807, 2.05) is 24.3 Å². The number of nitrogens with two attached hydrogens (primary N) is 1. The van der Waals surface area contributed by atoms with Gasteiger partial charge >= 0.3 is 0 Å². The normalized spacial score (nSPS) is 15.7. The fraction of sp³-hybridized carbons (Fsp3) is 0.211. The van der Waals surface area contributed by atoms with Crippen molar-refractivity contribution in [3.05, 3.63) is 59.0 Å². The average Bonchev–Trinajstić information content (AvgIpc) is 2.65. The molecule has 3 rings (SSSR count). The maximum absolute atomic E-state index is 9.63. The van der Waals surface area contributed by atoms with E-state index >= 15 is 0 Å². The van der Waals surface area contributed by atoms with Crippen LogP contribution in [0.5, 0.6) is 23.0 Å². The Morgan fingerprint density at radius 2 is 1.60 bits per heavy atom. The molecule has 2 N–H and O–H groups in total. The molecule has 128 valence electrons. The molecule has 0 saturated carbocycles. The highest BCUT2D eigenvalue weighted by molar-refractivity contribution is 5.60. The Bertz CT molecular complexity index is 883. The van der Waals surface area contributed by atoms with Crippen molar-refractivity contribution in [3.63, 3.8) is 0 Å². The van der Waals surface area contributed by atoms with Gasteiger partial charge in [-0.05, 0) is 12.1 Å². The van der Waals surface area contributed by atoms with Crippen molar-refractivity contribution in [1.29, 1.82) is 5.26 Å². The van der Waals surface area contributed by atoms with Gasteiger partial charge in [0.05, 0.1) is 27.2 Å². The zero-order valence-electron chi connectivity index (χ0n) is 14.2. The molecule has 1 heterocycles. The van der Waals surface area contributed by atoms with Crippen LogP contribution in [0, 0.1) is 11.3 Å². The number of fused-ring (bicyclic) bond motifs is 1. The molecule has 1 aliphatic rings. The highest BCUT2D eigenvalue weighted by atomic mass is 16.5. The Hall–Kier alpha value is -3.33. The van der Waals surface area contributed by atoms with Crippen LogP contribution < -0.4 is 24.7 Å². The van der Waals surface area contributed by atoms with Crippen LogP contribution in [0.15, 0.2) is 47.9 Å². The van der Waals surface area contributed by atoms with Crippen LogP contribution in [0.4, 0.5) is 0 Å². The van der Waals surface area contributed by atoms with Gasteiger partial charge in [0.2, 0.25) is 5.88 Å². The second-order valence-corrected chi connectivity index (χ2v) is 5.44. The molecule has 0 radical (unpaired) electrons. The first-order chi connectivity index (χ1) is 12.1. The lowest BCUT2D eigenvalue weighted by atomic mass is 9.83. The largest absolute Gasteiger partial charge is 0.497 e. The quantitative estimate of drug-likeness (QED) is 0.922. The zero-order chi connectivity index (χ0) is 18.0. The molecule has 1 aliphatic heterocycles. The van der Waals surface area contributed by atoms with Crippen LogP contribution in [0.1, 0.15) is 17.0 Å². The summed E-state index contributed by atoms with van der Waals surface area (Å²) in [4.78, 5) is 0. The highest BCUT2D eigenvalue weighted by Crippen LogP contribution is 2.46. The molecule has 25 heavy (non-hydrogen) atoms. The van der Waals surface area contributed by atoms with Crippen molar-refractivity contribution >= 4 is 0 Å². The van der Waals surface area contributed by atoms with Crippen LogP contribution in [-0.2, 0) is 0 Å². The fourth-order valence-electron chi connectivity index (χ4n) is 2.94. The topological polar surface area (TPSA) is 86.7 Å². The summed E-state index contributed by atoms with van der Waals surface area (Å²) < 4.78 is 21.6. The molecule has 0 spiro atoms. The van der Waals surface area contributed by atoms with Gasteiger partial charge in [0.1, 0.15) is 34.6 Å². The first-order valence-corrected chi connectivity index (χ1v) is 7.60. The second kappa shape index (κ2) is 6.65. The monoisotopic (exact) mass is 338 g/mol. The summed E-state index contributed by atoms with van der Waals surface area (Å²) in [5, 5.41) is 9.63. The Labute approximate surface area is 146 Å². The van der Waals surface area contributed by atoms with Gasteiger partial charge < -0.3 is 24.7 Å². The van der Waals surface area contributed by atoms with Crippen molar-refractivity contribution < 1.29 is 18.9 Å². The molecule has 2 aromatic rings. The molecule has 0 bridgehead atoms. The van der Waals surface area contributed by atoms with E-state index in [1.54, 1.807) is 33.5 Å². The molecule has 2 aromatic carbocycles. The molecule has 6 heteroatoms. The number of hydrogen-bond acceptors (Lipinski definition) is 6. The van der Waals surface area contributed by atoms with Gasteiger partial charge in [-0.2, -0.15) is 5.26 Å². The molecule has 0 amide bonds. The Morgan fingerprint density at radius 1 is 0.960 bits per heavy atom. The first kappa shape index (κ1) is 16.5. The van der Waals surface area contributed by atoms with E-state index in [0.29, 0.717) is 28.6 Å². The van der Waals surface area contributed by atoms with Gasteiger partial charge in [-0.3, -0.25) is 0 Å². The van der Waals surface area contributed by atoms with E-state index in [0.717, 1.165) is 11.1 Å².